The largest absolute Gasteiger partial charge is 0.497 e. The van der Waals surface area contributed by atoms with Crippen LogP contribution in [0.3, 0.4) is 0 Å². The van der Waals surface area contributed by atoms with E-state index >= 15 is 0 Å². The lowest BCUT2D eigenvalue weighted by molar-refractivity contribution is -0.0405. The summed E-state index contributed by atoms with van der Waals surface area (Å²) in [6.07, 6.45) is 3.81. The van der Waals surface area contributed by atoms with E-state index in [2.05, 4.69) is 9.97 Å². The Labute approximate surface area is 209 Å². The van der Waals surface area contributed by atoms with Crippen LogP contribution in [0, 0.1) is 6.92 Å². The molecule has 1 atom stereocenters. The third-order valence-corrected chi connectivity index (χ3v) is 6.79. The number of rotatable bonds is 8. The fraction of sp³-hybridized carbons (Fsp3) is 0.435. The van der Waals surface area contributed by atoms with Gasteiger partial charge in [-0.1, -0.05) is 23.7 Å². The van der Waals surface area contributed by atoms with E-state index in [-0.39, 0.29) is 22.9 Å². The lowest BCUT2D eigenvalue weighted by Gasteiger charge is -2.25. The smallest absolute Gasteiger partial charge is 0.250 e. The molecule has 35 heavy (non-hydrogen) atoms. The van der Waals surface area contributed by atoms with Gasteiger partial charge in [0.25, 0.3) is 0 Å². The first-order valence-electron chi connectivity index (χ1n) is 11.1. The van der Waals surface area contributed by atoms with E-state index in [1.54, 1.807) is 12.0 Å². The van der Waals surface area contributed by atoms with E-state index in [9.17, 15) is 8.42 Å². The Hall–Kier alpha value is -2.89. The predicted octanol–water partition coefficient (Wildman–Crippen LogP) is 4.09. The Balaban J connectivity index is 1.85. The van der Waals surface area contributed by atoms with Gasteiger partial charge in [-0.15, -0.1) is 0 Å². The van der Waals surface area contributed by atoms with Crippen LogP contribution in [0.5, 0.6) is 11.5 Å². The maximum absolute atomic E-state index is 12.3. The fourth-order valence-electron chi connectivity index (χ4n) is 3.91. The number of ether oxygens (including phenoxy) is 3. The van der Waals surface area contributed by atoms with E-state index in [1.807, 2.05) is 41.9 Å². The molecular weight excluding hydrogens is 494 g/mol. The molecule has 0 amide bonds. The second kappa shape index (κ2) is 10.4. The van der Waals surface area contributed by atoms with Gasteiger partial charge >= 0.3 is 0 Å². The first-order valence-corrected chi connectivity index (χ1v) is 13.4. The Bertz CT molecular complexity index is 1290. The van der Waals surface area contributed by atoms with Crippen LogP contribution >= 0.6 is 11.6 Å². The molecule has 0 bridgehead atoms. The van der Waals surface area contributed by atoms with E-state index in [4.69, 9.17) is 30.9 Å². The predicted molar refractivity (Wildman–Crippen MR) is 131 cm³/mol. The molecule has 0 N–H and O–H groups in total. The monoisotopic (exact) mass is 521 g/mol. The zero-order chi connectivity index (χ0) is 25.2. The molecule has 1 aliphatic rings. The van der Waals surface area contributed by atoms with Crippen LogP contribution in [-0.2, 0) is 21.1 Å². The number of aromatic nitrogens is 4. The van der Waals surface area contributed by atoms with Crippen LogP contribution < -0.4 is 14.4 Å². The molecule has 2 aromatic heterocycles. The summed E-state index contributed by atoms with van der Waals surface area (Å²) in [5, 5.41) is 4.32. The van der Waals surface area contributed by atoms with E-state index in [1.165, 1.54) is 7.11 Å². The van der Waals surface area contributed by atoms with Crippen LogP contribution in [0.4, 0.5) is 11.6 Å². The topological polar surface area (TPSA) is 109 Å². The van der Waals surface area contributed by atoms with E-state index in [0.29, 0.717) is 19.0 Å². The van der Waals surface area contributed by atoms with Crippen molar-refractivity contribution in [2.45, 2.75) is 44.1 Å². The number of benzene rings is 1. The molecule has 1 aromatic carbocycles. The van der Waals surface area contributed by atoms with E-state index < -0.39 is 15.0 Å². The Kier molecular flexibility index (Phi) is 7.48. The zero-order valence-corrected chi connectivity index (χ0v) is 21.6. The highest BCUT2D eigenvalue weighted by atomic mass is 35.5. The number of aryl methyl sites for hydroxylation is 1. The van der Waals surface area contributed by atoms with Crippen LogP contribution in [0.1, 0.15) is 36.7 Å². The third kappa shape index (κ3) is 5.52. The van der Waals surface area contributed by atoms with Gasteiger partial charge in [-0.2, -0.15) is 10.1 Å². The highest BCUT2D eigenvalue weighted by Gasteiger charge is 2.28. The molecule has 3 aromatic rings. The summed E-state index contributed by atoms with van der Waals surface area (Å²) in [6, 6.07) is 9.41. The highest BCUT2D eigenvalue weighted by Crippen LogP contribution is 2.38. The number of anilines is 2. The van der Waals surface area contributed by atoms with Crippen LogP contribution in [0.15, 0.2) is 35.5 Å². The van der Waals surface area contributed by atoms with Gasteiger partial charge in [-0.05, 0) is 43.9 Å². The minimum Gasteiger partial charge on any atom is -0.497 e. The Morgan fingerprint density at radius 3 is 2.51 bits per heavy atom. The average Bonchev–Trinajstić information content (AvgIpc) is 3.23. The molecule has 10 nitrogen and oxygen atoms in total. The first kappa shape index (κ1) is 25.2. The molecular formula is C23H28ClN5O5S. The number of hydrogen-bond donors (Lipinski definition) is 0. The number of sulfone groups is 1. The molecule has 0 saturated carbocycles. The third-order valence-electron chi connectivity index (χ3n) is 5.69. The van der Waals surface area contributed by atoms with Gasteiger partial charge in [0.05, 0.1) is 20.8 Å². The van der Waals surface area contributed by atoms with E-state index in [0.717, 1.165) is 42.5 Å². The highest BCUT2D eigenvalue weighted by molar-refractivity contribution is 7.90. The van der Waals surface area contributed by atoms with Gasteiger partial charge in [-0.3, -0.25) is 0 Å². The molecule has 1 aliphatic heterocycles. The number of hydrogen-bond acceptors (Lipinski definition) is 9. The molecule has 1 saturated heterocycles. The Morgan fingerprint density at radius 2 is 1.91 bits per heavy atom. The first-order chi connectivity index (χ1) is 16.7. The van der Waals surface area contributed by atoms with Crippen molar-refractivity contribution >= 4 is 33.1 Å². The summed E-state index contributed by atoms with van der Waals surface area (Å²) in [5.74, 6) is 1.60. The number of halogens is 1. The minimum atomic E-state index is -3.74. The molecule has 4 rings (SSSR count). The second-order valence-corrected chi connectivity index (χ2v) is 10.5. The van der Waals surface area contributed by atoms with Gasteiger partial charge in [0.1, 0.15) is 5.75 Å². The lowest BCUT2D eigenvalue weighted by Crippen LogP contribution is -2.23. The summed E-state index contributed by atoms with van der Waals surface area (Å²) in [4.78, 5) is 10.0. The minimum absolute atomic E-state index is 0.107. The maximum Gasteiger partial charge on any atom is 0.250 e. The van der Waals surface area contributed by atoms with Gasteiger partial charge in [0.2, 0.25) is 15.0 Å². The van der Waals surface area contributed by atoms with Gasteiger partial charge in [0.15, 0.2) is 28.8 Å². The summed E-state index contributed by atoms with van der Waals surface area (Å²) in [7, 11) is -0.710. The van der Waals surface area contributed by atoms with Crippen molar-refractivity contribution in [3.8, 4) is 11.5 Å². The number of nitrogens with zero attached hydrogens (tertiary/aromatic N) is 5. The standard InChI is InChI=1S/C23H28ClN5O5S/c1-15-13-18(27-29(15)19-7-5-6-12-34-19)28(14-16-8-10-17(32-2)11-9-16)22-20(33-3)21(24)25-23(26-22)35(4,30)31/h8-11,13,19H,5-7,12,14H2,1-4H3. The molecule has 188 valence electrons. The van der Waals surface area contributed by atoms with Crippen molar-refractivity contribution in [2.75, 3.05) is 32.0 Å². The van der Waals surface area contributed by atoms with Crippen LogP contribution in [-0.4, -0.2) is 55.2 Å². The molecule has 12 heteroatoms. The van der Waals surface area contributed by atoms with Crippen molar-refractivity contribution in [2.24, 2.45) is 0 Å². The Morgan fingerprint density at radius 1 is 1.17 bits per heavy atom. The molecule has 0 radical (unpaired) electrons. The summed E-state index contributed by atoms with van der Waals surface area (Å²) < 4.78 is 43.1. The lowest BCUT2D eigenvalue weighted by atomic mass is 10.2. The van der Waals surface area contributed by atoms with Gasteiger partial charge in [0, 0.05) is 24.6 Å². The molecule has 3 heterocycles. The quantitative estimate of drug-likeness (QED) is 0.319. The second-order valence-electron chi connectivity index (χ2n) is 8.27. The molecule has 0 spiro atoms. The van der Waals surface area contributed by atoms with Crippen LogP contribution in [0.2, 0.25) is 5.15 Å². The van der Waals surface area contributed by atoms with Crippen molar-refractivity contribution in [3.05, 3.63) is 46.7 Å². The summed E-state index contributed by atoms with van der Waals surface area (Å²) >= 11 is 6.34. The maximum atomic E-state index is 12.3. The normalized spacial score (nSPS) is 16.2. The molecule has 1 unspecified atom stereocenters. The van der Waals surface area contributed by atoms with Crippen molar-refractivity contribution < 1.29 is 22.6 Å². The van der Waals surface area contributed by atoms with Crippen LogP contribution in [0.25, 0.3) is 0 Å². The van der Waals surface area contributed by atoms with Gasteiger partial charge in [-0.25, -0.2) is 18.1 Å². The summed E-state index contributed by atoms with van der Waals surface area (Å²) in [6.45, 7) is 2.94. The van der Waals surface area contributed by atoms with Crippen molar-refractivity contribution in [1.82, 2.24) is 19.7 Å². The number of methoxy groups -OCH3 is 2. The molecule has 1 fully saturated rings. The zero-order valence-electron chi connectivity index (χ0n) is 20.1. The SMILES string of the molecule is COc1ccc(CN(c2cc(C)n(C3CCCCO3)n2)c2nc(S(C)(=O)=O)nc(Cl)c2OC)cc1. The summed E-state index contributed by atoms with van der Waals surface area (Å²) in [5.41, 5.74) is 1.80. The van der Waals surface area contributed by atoms with Crippen molar-refractivity contribution in [1.29, 1.82) is 0 Å². The van der Waals surface area contributed by atoms with Gasteiger partial charge < -0.3 is 19.1 Å². The fourth-order valence-corrected chi connectivity index (χ4v) is 4.71. The molecule has 0 aliphatic carbocycles. The van der Waals surface area contributed by atoms with Crippen molar-refractivity contribution in [3.63, 3.8) is 0 Å². The average molecular weight is 522 g/mol.